The van der Waals surface area contributed by atoms with Gasteiger partial charge < -0.3 is 18.6 Å². The van der Waals surface area contributed by atoms with Crippen molar-refractivity contribution in [3.8, 4) is 5.75 Å². The number of hydrogen-bond donors (Lipinski definition) is 0. The molecule has 10 heteroatoms. The number of ketones is 1. The van der Waals surface area contributed by atoms with Crippen molar-refractivity contribution in [1.82, 2.24) is 0 Å². The third-order valence-corrected chi connectivity index (χ3v) is 13.5. The lowest BCUT2D eigenvalue weighted by Gasteiger charge is -2.47. The highest BCUT2D eigenvalue weighted by molar-refractivity contribution is 14.1. The molecule has 8 nitrogen and oxygen atoms in total. The van der Waals surface area contributed by atoms with Gasteiger partial charge in [0.15, 0.2) is 8.32 Å². The lowest BCUT2D eigenvalue weighted by molar-refractivity contribution is -0.155. The van der Waals surface area contributed by atoms with E-state index in [1.54, 1.807) is 7.11 Å². The molecule has 1 aromatic rings. The summed E-state index contributed by atoms with van der Waals surface area (Å²) in [6.45, 7) is 18.2. The van der Waals surface area contributed by atoms with Gasteiger partial charge in [0.1, 0.15) is 11.5 Å². The number of rotatable bonds is 15. The van der Waals surface area contributed by atoms with E-state index in [0.717, 1.165) is 17.7 Å². The van der Waals surface area contributed by atoms with Gasteiger partial charge in [-0.25, -0.2) is 0 Å². The van der Waals surface area contributed by atoms with Crippen molar-refractivity contribution in [3.63, 3.8) is 0 Å². The van der Waals surface area contributed by atoms with E-state index in [4.69, 9.17) is 24.2 Å². The Kier molecular flexibility index (Phi) is 14.3. The van der Waals surface area contributed by atoms with E-state index in [-0.39, 0.29) is 59.5 Å². The van der Waals surface area contributed by atoms with E-state index >= 15 is 0 Å². The average Bonchev–Trinajstić information content (AvgIpc) is 2.89. The zero-order valence-electron chi connectivity index (χ0n) is 26.3. The maximum atomic E-state index is 13.4. The number of carbonyl (C=O) groups excluding carboxylic acids is 1. The van der Waals surface area contributed by atoms with Crippen LogP contribution < -0.4 is 4.74 Å². The standard InChI is InChI=1S/C31H50IN3O5Si/c1-21(27(14-15-32)38-20-24-10-12-26(37-7)13-11-24)16-25(36)17-23(3)30-28(40-41(8,9)31(4,5)6)18-22(2)29(39-30)19-34-35-33/h10-15,21-23,27-30H,16-20H2,1-9H3/b15-14+/t21-,22+,23-,27+,28-,29+,30-/m0/s1. The van der Waals surface area contributed by atoms with Gasteiger partial charge in [0, 0.05) is 17.8 Å². The number of azide groups is 1. The Hall–Kier alpha value is -1.43. The summed E-state index contributed by atoms with van der Waals surface area (Å²) in [5.41, 5.74) is 9.93. The molecule has 0 amide bonds. The molecule has 1 heterocycles. The van der Waals surface area contributed by atoms with E-state index in [0.29, 0.717) is 19.4 Å². The fraction of sp³-hybridized carbons (Fsp3) is 0.710. The zero-order valence-corrected chi connectivity index (χ0v) is 29.5. The molecule has 1 aromatic carbocycles. The molecule has 0 spiro atoms. The van der Waals surface area contributed by atoms with Gasteiger partial charge in [-0.3, -0.25) is 4.79 Å². The van der Waals surface area contributed by atoms with Gasteiger partial charge in [-0.1, -0.05) is 81.4 Å². The Morgan fingerprint density at radius 3 is 2.46 bits per heavy atom. The topological polar surface area (TPSA) is 103 Å². The SMILES string of the molecule is COc1ccc(CO[C@H](/C=C/I)[C@@H](C)CC(=O)C[C@H](C)[C@@H]2O[C@H](CN=[N+]=[N-])[C@H](C)C[C@@H]2O[Si](C)(C)C(C)(C)C)cc1. The molecule has 0 aliphatic carbocycles. The molecule has 1 aliphatic heterocycles. The Morgan fingerprint density at radius 1 is 1.24 bits per heavy atom. The van der Waals surface area contributed by atoms with E-state index in [9.17, 15) is 4.79 Å². The minimum Gasteiger partial charge on any atom is -0.497 e. The summed E-state index contributed by atoms with van der Waals surface area (Å²) in [6, 6.07) is 7.82. The summed E-state index contributed by atoms with van der Waals surface area (Å²) in [4.78, 5) is 16.3. The molecule has 0 bridgehead atoms. The maximum Gasteiger partial charge on any atom is 0.192 e. The Morgan fingerprint density at radius 2 is 1.90 bits per heavy atom. The number of halogens is 1. The summed E-state index contributed by atoms with van der Waals surface area (Å²) in [5, 5.41) is 3.85. The van der Waals surface area contributed by atoms with Crippen LogP contribution in [-0.2, 0) is 25.3 Å². The summed E-state index contributed by atoms with van der Waals surface area (Å²) in [7, 11) is -0.419. The molecule has 1 aliphatic rings. The van der Waals surface area contributed by atoms with Crippen LogP contribution in [0.25, 0.3) is 10.4 Å². The van der Waals surface area contributed by atoms with Crippen LogP contribution in [0.15, 0.2) is 39.5 Å². The molecule has 0 saturated carbocycles. The van der Waals surface area contributed by atoms with Crippen LogP contribution in [0.1, 0.15) is 66.4 Å². The number of methoxy groups -OCH3 is 1. The molecular weight excluding hydrogens is 649 g/mol. The predicted molar refractivity (Wildman–Crippen MR) is 176 cm³/mol. The second kappa shape index (κ2) is 16.4. The Labute approximate surface area is 261 Å². The average molecular weight is 700 g/mol. The summed E-state index contributed by atoms with van der Waals surface area (Å²) >= 11 is 2.19. The third-order valence-electron chi connectivity index (χ3n) is 8.60. The number of Topliss-reactive ketones (excluding diaryl/α,β-unsaturated/α-hetero) is 1. The van der Waals surface area contributed by atoms with Crippen LogP contribution in [0.4, 0.5) is 0 Å². The van der Waals surface area contributed by atoms with Crippen LogP contribution in [0.5, 0.6) is 5.75 Å². The number of nitrogens with zero attached hydrogens (tertiary/aromatic N) is 3. The monoisotopic (exact) mass is 699 g/mol. The van der Waals surface area contributed by atoms with Crippen molar-refractivity contribution in [2.24, 2.45) is 22.9 Å². The van der Waals surface area contributed by atoms with Gasteiger partial charge in [-0.15, -0.1) is 0 Å². The van der Waals surface area contributed by atoms with Crippen LogP contribution in [0.2, 0.25) is 18.1 Å². The summed E-state index contributed by atoms with van der Waals surface area (Å²) < 4.78 is 26.9. The summed E-state index contributed by atoms with van der Waals surface area (Å²) in [5.74, 6) is 1.17. The maximum absolute atomic E-state index is 13.4. The lowest BCUT2D eigenvalue weighted by atomic mass is 9.83. The highest BCUT2D eigenvalue weighted by Crippen LogP contribution is 2.41. The molecule has 1 fully saturated rings. The number of hydrogen-bond acceptors (Lipinski definition) is 6. The molecule has 0 aromatic heterocycles. The minimum atomic E-state index is -2.07. The third kappa shape index (κ3) is 11.0. The van der Waals surface area contributed by atoms with Crippen molar-refractivity contribution in [1.29, 1.82) is 0 Å². The quantitative estimate of drug-likeness (QED) is 0.0600. The highest BCUT2D eigenvalue weighted by atomic mass is 127. The van der Waals surface area contributed by atoms with Gasteiger partial charge in [-0.05, 0) is 75.7 Å². The molecule has 0 N–H and O–H groups in total. The van der Waals surface area contributed by atoms with Crippen molar-refractivity contribution < 1.29 is 23.4 Å². The van der Waals surface area contributed by atoms with Gasteiger partial charge in [0.05, 0.1) is 44.7 Å². The van der Waals surface area contributed by atoms with E-state index in [1.807, 2.05) is 34.4 Å². The number of ether oxygens (including phenoxy) is 3. The van der Waals surface area contributed by atoms with Gasteiger partial charge >= 0.3 is 0 Å². The van der Waals surface area contributed by atoms with Crippen LogP contribution in [0, 0.1) is 17.8 Å². The first-order valence-electron chi connectivity index (χ1n) is 14.6. The predicted octanol–water partition coefficient (Wildman–Crippen LogP) is 8.64. The molecule has 7 atom stereocenters. The van der Waals surface area contributed by atoms with Crippen LogP contribution in [0.3, 0.4) is 0 Å². The Balaban J connectivity index is 2.09. The van der Waals surface area contributed by atoms with Crippen molar-refractivity contribution in [3.05, 3.63) is 50.4 Å². The molecule has 230 valence electrons. The first-order valence-corrected chi connectivity index (χ1v) is 18.7. The lowest BCUT2D eigenvalue weighted by Crippen LogP contribution is -2.54. The second-order valence-corrected chi connectivity index (χ2v) is 18.5. The zero-order chi connectivity index (χ0) is 30.8. The van der Waals surface area contributed by atoms with Gasteiger partial charge in [-0.2, -0.15) is 0 Å². The molecule has 2 rings (SSSR count). The number of carbonyl (C=O) groups is 1. The van der Waals surface area contributed by atoms with Crippen LogP contribution in [-0.4, -0.2) is 52.2 Å². The fourth-order valence-corrected chi connectivity index (χ4v) is 6.77. The summed E-state index contributed by atoms with van der Waals surface area (Å²) in [6.07, 6.45) is 2.94. The first kappa shape index (κ1) is 35.8. The van der Waals surface area contributed by atoms with Crippen LogP contribution >= 0.6 is 22.6 Å². The molecule has 41 heavy (non-hydrogen) atoms. The normalized spacial score (nSPS) is 24.0. The molecule has 0 unspecified atom stereocenters. The first-order chi connectivity index (χ1) is 19.2. The fourth-order valence-electron chi connectivity index (χ4n) is 5.02. The largest absolute Gasteiger partial charge is 0.497 e. The Bertz CT molecular complexity index is 1040. The molecular formula is C31H50IN3O5Si. The number of benzene rings is 1. The van der Waals surface area contributed by atoms with Gasteiger partial charge in [0.25, 0.3) is 0 Å². The van der Waals surface area contributed by atoms with E-state index < -0.39 is 8.32 Å². The second-order valence-electron chi connectivity index (χ2n) is 13.0. The minimum absolute atomic E-state index is 0.0169. The smallest absolute Gasteiger partial charge is 0.192 e. The van der Waals surface area contributed by atoms with E-state index in [1.165, 1.54) is 0 Å². The van der Waals surface area contributed by atoms with Crippen molar-refractivity contribution in [2.75, 3.05) is 13.7 Å². The van der Waals surface area contributed by atoms with E-state index in [2.05, 4.69) is 87.3 Å². The van der Waals surface area contributed by atoms with Gasteiger partial charge in [0.2, 0.25) is 0 Å². The molecule has 0 radical (unpaired) electrons. The van der Waals surface area contributed by atoms with Crippen molar-refractivity contribution in [2.45, 2.75) is 110 Å². The molecule has 1 saturated heterocycles. The highest BCUT2D eigenvalue weighted by Gasteiger charge is 2.45. The van der Waals surface area contributed by atoms with Crippen molar-refractivity contribution >= 4 is 36.7 Å².